The van der Waals surface area contributed by atoms with Gasteiger partial charge in [-0.15, -0.1) is 11.8 Å². The van der Waals surface area contributed by atoms with E-state index in [1.54, 1.807) is 18.2 Å². The van der Waals surface area contributed by atoms with Gasteiger partial charge in [0.1, 0.15) is 17.5 Å². The molecule has 0 aliphatic carbocycles. The quantitative estimate of drug-likeness (QED) is 0.851. The molecule has 1 aromatic carbocycles. The minimum absolute atomic E-state index is 0.217. The average Bonchev–Trinajstić information content (AvgIpc) is 2.37. The number of nitrogens with zero attached hydrogens (tertiary/aromatic N) is 2. The topological polar surface area (TPSA) is 51.8 Å². The van der Waals surface area contributed by atoms with Gasteiger partial charge in [-0.3, -0.25) is 0 Å². The van der Waals surface area contributed by atoms with Gasteiger partial charge in [-0.2, -0.15) is 0 Å². The van der Waals surface area contributed by atoms with Crippen LogP contribution in [-0.4, -0.2) is 9.97 Å². The van der Waals surface area contributed by atoms with Crippen molar-refractivity contribution in [3.63, 3.8) is 0 Å². The fourth-order valence-electron chi connectivity index (χ4n) is 1.73. The molecule has 0 radical (unpaired) electrons. The minimum Gasteiger partial charge on any atom is -0.384 e. The highest BCUT2D eigenvalue weighted by molar-refractivity contribution is 7.98. The second-order valence-electron chi connectivity index (χ2n) is 4.17. The van der Waals surface area contributed by atoms with Crippen molar-refractivity contribution in [1.29, 1.82) is 0 Å². The van der Waals surface area contributed by atoms with Gasteiger partial charge < -0.3 is 5.73 Å². The van der Waals surface area contributed by atoms with Crippen molar-refractivity contribution >= 4 is 17.6 Å². The van der Waals surface area contributed by atoms with E-state index >= 15 is 0 Å². The summed E-state index contributed by atoms with van der Waals surface area (Å²) < 4.78 is 13.5. The van der Waals surface area contributed by atoms with Gasteiger partial charge >= 0.3 is 0 Å². The highest BCUT2D eigenvalue weighted by atomic mass is 32.2. The molecule has 0 amide bonds. The molecule has 0 saturated heterocycles. The lowest BCUT2D eigenvalue weighted by Gasteiger charge is -2.05. The smallest absolute Gasteiger partial charge is 0.141 e. The highest BCUT2D eigenvalue weighted by Gasteiger charge is 2.06. The number of aryl methyl sites for hydroxylation is 1. The molecule has 0 fully saturated rings. The number of anilines is 1. The Balaban J connectivity index is 2.09. The molecule has 0 unspecified atom stereocenters. The third-order valence-electron chi connectivity index (χ3n) is 2.54. The average molecular weight is 277 g/mol. The standard InChI is InChI=1S/C14H16FN3S/c1-2-5-10-8-13(16)18-14(17-10)9-19-12-7-4-3-6-11(12)15/h3-4,6-8H,2,5,9H2,1H3,(H2,16,17,18). The SMILES string of the molecule is CCCc1cc(N)nc(CSc2ccccc2F)n1. The first kappa shape index (κ1) is 13.8. The van der Waals surface area contributed by atoms with E-state index in [0.717, 1.165) is 18.5 Å². The number of halogens is 1. The lowest BCUT2D eigenvalue weighted by atomic mass is 10.2. The first-order valence-electron chi connectivity index (χ1n) is 6.18. The molecule has 2 rings (SSSR count). The lowest BCUT2D eigenvalue weighted by molar-refractivity contribution is 0.602. The second-order valence-corrected chi connectivity index (χ2v) is 5.19. The van der Waals surface area contributed by atoms with Crippen LogP contribution in [0.25, 0.3) is 0 Å². The van der Waals surface area contributed by atoms with Crippen LogP contribution in [0.4, 0.5) is 10.2 Å². The molecule has 0 spiro atoms. The van der Waals surface area contributed by atoms with Gasteiger partial charge in [0.15, 0.2) is 0 Å². The number of hydrogen-bond acceptors (Lipinski definition) is 4. The number of rotatable bonds is 5. The Bertz CT molecular complexity index is 560. The molecule has 0 aliphatic heterocycles. The third-order valence-corrected chi connectivity index (χ3v) is 3.59. The number of benzene rings is 1. The van der Waals surface area contributed by atoms with Gasteiger partial charge in [0.05, 0.1) is 5.75 Å². The van der Waals surface area contributed by atoms with Crippen molar-refractivity contribution < 1.29 is 4.39 Å². The van der Waals surface area contributed by atoms with Crippen molar-refractivity contribution in [3.05, 3.63) is 47.7 Å². The van der Waals surface area contributed by atoms with Crippen LogP contribution in [0.3, 0.4) is 0 Å². The lowest BCUT2D eigenvalue weighted by Crippen LogP contribution is -2.02. The zero-order valence-electron chi connectivity index (χ0n) is 10.8. The monoisotopic (exact) mass is 277 g/mol. The summed E-state index contributed by atoms with van der Waals surface area (Å²) in [5.74, 6) is 1.42. The summed E-state index contributed by atoms with van der Waals surface area (Å²) in [5, 5.41) is 0. The molecule has 1 heterocycles. The highest BCUT2D eigenvalue weighted by Crippen LogP contribution is 2.24. The van der Waals surface area contributed by atoms with E-state index in [0.29, 0.717) is 22.3 Å². The molecule has 0 saturated carbocycles. The number of nitrogen functional groups attached to an aromatic ring is 1. The maximum Gasteiger partial charge on any atom is 0.141 e. The zero-order chi connectivity index (χ0) is 13.7. The third kappa shape index (κ3) is 3.92. The predicted octanol–water partition coefficient (Wildman–Crippen LogP) is 3.44. The van der Waals surface area contributed by atoms with Gasteiger partial charge in [0, 0.05) is 16.7 Å². The van der Waals surface area contributed by atoms with Crippen LogP contribution < -0.4 is 5.73 Å². The van der Waals surface area contributed by atoms with Crippen LogP contribution in [-0.2, 0) is 12.2 Å². The van der Waals surface area contributed by atoms with Crippen molar-refractivity contribution in [2.75, 3.05) is 5.73 Å². The van der Waals surface area contributed by atoms with Crippen molar-refractivity contribution in [3.8, 4) is 0 Å². The summed E-state index contributed by atoms with van der Waals surface area (Å²) in [4.78, 5) is 9.22. The second kappa shape index (κ2) is 6.52. The molecule has 5 heteroatoms. The largest absolute Gasteiger partial charge is 0.384 e. The molecule has 0 atom stereocenters. The van der Waals surface area contributed by atoms with Crippen LogP contribution in [0.15, 0.2) is 35.2 Å². The molecule has 3 nitrogen and oxygen atoms in total. The molecule has 19 heavy (non-hydrogen) atoms. The van der Waals surface area contributed by atoms with Crippen LogP contribution in [0, 0.1) is 5.82 Å². The fourth-order valence-corrected chi connectivity index (χ4v) is 2.52. The molecule has 0 bridgehead atoms. The Morgan fingerprint density at radius 3 is 2.79 bits per heavy atom. The normalized spacial score (nSPS) is 10.6. The van der Waals surface area contributed by atoms with E-state index in [4.69, 9.17) is 5.73 Å². The Kier molecular flexibility index (Phi) is 4.74. The summed E-state index contributed by atoms with van der Waals surface area (Å²) in [6.07, 6.45) is 1.89. The maximum atomic E-state index is 13.5. The van der Waals surface area contributed by atoms with Crippen LogP contribution >= 0.6 is 11.8 Å². The number of thioether (sulfide) groups is 1. The molecule has 0 aliphatic rings. The maximum absolute atomic E-state index is 13.5. The molecule has 2 aromatic rings. The number of nitrogens with two attached hydrogens (primary N) is 1. The van der Waals surface area contributed by atoms with E-state index in [1.807, 2.05) is 6.07 Å². The van der Waals surface area contributed by atoms with E-state index in [1.165, 1.54) is 17.8 Å². The number of aromatic nitrogens is 2. The number of hydrogen-bond donors (Lipinski definition) is 1. The predicted molar refractivity (Wildman–Crippen MR) is 76.4 cm³/mol. The summed E-state index contributed by atoms with van der Waals surface area (Å²) in [6, 6.07) is 8.48. The Morgan fingerprint density at radius 2 is 2.05 bits per heavy atom. The molecule has 100 valence electrons. The fraction of sp³-hybridized carbons (Fsp3) is 0.286. The van der Waals surface area contributed by atoms with E-state index < -0.39 is 0 Å². The van der Waals surface area contributed by atoms with Gasteiger partial charge in [-0.25, -0.2) is 14.4 Å². The molecular formula is C14H16FN3S. The summed E-state index contributed by atoms with van der Waals surface area (Å²) in [6.45, 7) is 2.09. The van der Waals surface area contributed by atoms with Crippen LogP contribution in [0.2, 0.25) is 0 Å². The first-order chi connectivity index (χ1) is 9.19. The zero-order valence-corrected chi connectivity index (χ0v) is 11.6. The van der Waals surface area contributed by atoms with E-state index in [-0.39, 0.29) is 5.82 Å². The van der Waals surface area contributed by atoms with E-state index in [9.17, 15) is 4.39 Å². The van der Waals surface area contributed by atoms with E-state index in [2.05, 4.69) is 16.9 Å². The first-order valence-corrected chi connectivity index (χ1v) is 7.17. The summed E-state index contributed by atoms with van der Waals surface area (Å²) in [7, 11) is 0. The van der Waals surface area contributed by atoms with Crippen LogP contribution in [0.5, 0.6) is 0 Å². The van der Waals surface area contributed by atoms with Gasteiger partial charge in [-0.1, -0.05) is 25.5 Å². The van der Waals surface area contributed by atoms with Crippen molar-refractivity contribution in [2.45, 2.75) is 30.4 Å². The van der Waals surface area contributed by atoms with Crippen molar-refractivity contribution in [2.24, 2.45) is 0 Å². The summed E-state index contributed by atoms with van der Waals surface area (Å²) >= 11 is 1.38. The van der Waals surface area contributed by atoms with Gasteiger partial charge in [0.2, 0.25) is 0 Å². The Hall–Kier alpha value is -1.62. The minimum atomic E-state index is -0.217. The van der Waals surface area contributed by atoms with Gasteiger partial charge in [0.25, 0.3) is 0 Å². The molecule has 1 aromatic heterocycles. The van der Waals surface area contributed by atoms with Crippen LogP contribution in [0.1, 0.15) is 24.9 Å². The molecule has 2 N–H and O–H groups in total. The van der Waals surface area contributed by atoms with Gasteiger partial charge in [-0.05, 0) is 18.6 Å². The molecular weight excluding hydrogens is 261 g/mol. The Morgan fingerprint density at radius 1 is 1.26 bits per heavy atom. The van der Waals surface area contributed by atoms with Crippen molar-refractivity contribution in [1.82, 2.24) is 9.97 Å². The Labute approximate surface area is 116 Å². The summed E-state index contributed by atoms with van der Waals surface area (Å²) in [5.41, 5.74) is 6.70.